The molecule has 0 saturated carbocycles. The Hall–Kier alpha value is -3.37. The van der Waals surface area contributed by atoms with Crippen LogP contribution in [0.5, 0.6) is 0 Å². The van der Waals surface area contributed by atoms with Gasteiger partial charge in [-0.15, -0.1) is 0 Å². The molecule has 0 unspecified atom stereocenters. The van der Waals surface area contributed by atoms with Gasteiger partial charge >= 0.3 is 18.2 Å². The van der Waals surface area contributed by atoms with Gasteiger partial charge in [0.05, 0.1) is 12.2 Å². The fourth-order valence-electron chi connectivity index (χ4n) is 4.91. The van der Waals surface area contributed by atoms with Crippen molar-refractivity contribution in [3.8, 4) is 0 Å². The summed E-state index contributed by atoms with van der Waals surface area (Å²) in [7, 11) is -2.30. The molecular weight excluding hydrogens is 528 g/mol. The number of cyclic esters (lactones) is 1. The lowest BCUT2D eigenvalue weighted by Crippen LogP contribution is -2.66. The van der Waals surface area contributed by atoms with Crippen LogP contribution in [0.25, 0.3) is 0 Å². The Labute approximate surface area is 237 Å². The van der Waals surface area contributed by atoms with Crippen molar-refractivity contribution in [2.45, 2.75) is 76.0 Å². The second kappa shape index (κ2) is 12.0. The third-order valence-electron chi connectivity index (χ3n) is 8.28. The number of nitrogens with zero attached hydrogens (tertiary/aromatic N) is 1. The number of likely N-dealkylation sites (tertiary alicyclic amines) is 1. The number of alkyl carbamates (subject to hydrolysis) is 1. The molecule has 2 aromatic carbocycles. The molecule has 2 amide bonds. The van der Waals surface area contributed by atoms with Crippen LogP contribution in [-0.2, 0) is 25.2 Å². The minimum atomic E-state index is -2.30. The minimum Gasteiger partial charge on any atom is -0.454 e. The van der Waals surface area contributed by atoms with Crippen molar-refractivity contribution in [2.75, 3.05) is 19.8 Å². The zero-order valence-corrected chi connectivity index (χ0v) is 25.0. The lowest BCUT2D eigenvalue weighted by atomic mass is 9.85. The van der Waals surface area contributed by atoms with Gasteiger partial charge in [-0.05, 0) is 48.7 Å². The molecule has 2 fully saturated rings. The van der Waals surface area contributed by atoms with E-state index in [1.165, 1.54) is 0 Å². The topological polar surface area (TPSA) is 103 Å². The van der Waals surface area contributed by atoms with Crippen LogP contribution in [0.15, 0.2) is 60.7 Å². The fourth-order valence-corrected chi connectivity index (χ4v) is 5.95. The van der Waals surface area contributed by atoms with Gasteiger partial charge in [-0.2, -0.15) is 0 Å². The molecule has 3 atom stereocenters. The van der Waals surface area contributed by atoms with Gasteiger partial charge < -0.3 is 24.0 Å². The van der Waals surface area contributed by atoms with Gasteiger partial charge in [-0.1, -0.05) is 69.3 Å². The van der Waals surface area contributed by atoms with E-state index in [4.69, 9.17) is 18.6 Å². The highest BCUT2D eigenvalue weighted by Crippen LogP contribution is 2.42. The first-order valence-electron chi connectivity index (χ1n) is 13.7. The van der Waals surface area contributed by atoms with E-state index >= 15 is 0 Å². The summed E-state index contributed by atoms with van der Waals surface area (Å²) >= 11 is 0. The van der Waals surface area contributed by atoms with Crippen molar-refractivity contribution in [3.63, 3.8) is 0 Å². The standard InChI is InChI=1S/C30H40N2O7Si/c1-29(2,3)40(4,5)38-21-30(17-12-18-32(30)28(35)37-19-22-13-8-6-9-14-22)25(24-20-36-27(34)31-24)39-26(33)23-15-10-7-11-16-23/h6-11,13-16,24-25H,12,17-21H2,1-5H3,(H,31,34)/t24-,25-,30-/m0/s1. The zero-order chi connectivity index (χ0) is 29.0. The molecule has 0 aliphatic carbocycles. The number of ether oxygens (including phenoxy) is 3. The third kappa shape index (κ3) is 6.50. The van der Waals surface area contributed by atoms with Crippen LogP contribution in [0.4, 0.5) is 9.59 Å². The first-order chi connectivity index (χ1) is 18.9. The van der Waals surface area contributed by atoms with Crippen molar-refractivity contribution in [3.05, 3.63) is 71.8 Å². The smallest absolute Gasteiger partial charge is 0.410 e. The van der Waals surface area contributed by atoms with Crippen LogP contribution in [0, 0.1) is 0 Å². The third-order valence-corrected chi connectivity index (χ3v) is 12.8. The molecule has 1 N–H and O–H groups in total. The van der Waals surface area contributed by atoms with Gasteiger partial charge in [0.25, 0.3) is 0 Å². The van der Waals surface area contributed by atoms with Gasteiger partial charge in [0.1, 0.15) is 24.8 Å². The van der Waals surface area contributed by atoms with Crippen molar-refractivity contribution in [1.82, 2.24) is 10.2 Å². The zero-order valence-electron chi connectivity index (χ0n) is 24.0. The van der Waals surface area contributed by atoms with Gasteiger partial charge in [0.2, 0.25) is 0 Å². The van der Waals surface area contributed by atoms with Crippen molar-refractivity contribution < 1.29 is 33.0 Å². The molecule has 40 heavy (non-hydrogen) atoms. The molecule has 9 nitrogen and oxygen atoms in total. The Morgan fingerprint density at radius 2 is 1.75 bits per heavy atom. The van der Waals surface area contributed by atoms with Gasteiger partial charge in [0.15, 0.2) is 14.4 Å². The number of nitrogens with one attached hydrogen (secondary N) is 1. The van der Waals surface area contributed by atoms with E-state index in [0.717, 1.165) is 5.56 Å². The number of benzene rings is 2. The molecule has 2 heterocycles. The number of carbonyl (C=O) groups is 3. The summed E-state index contributed by atoms with van der Waals surface area (Å²) in [6.07, 6.45) is -0.902. The molecule has 0 spiro atoms. The van der Waals surface area contributed by atoms with Crippen molar-refractivity contribution in [2.24, 2.45) is 0 Å². The van der Waals surface area contributed by atoms with Gasteiger partial charge in [-0.25, -0.2) is 14.4 Å². The van der Waals surface area contributed by atoms with Gasteiger partial charge in [0, 0.05) is 6.54 Å². The van der Waals surface area contributed by atoms with E-state index in [1.807, 2.05) is 36.4 Å². The van der Waals surface area contributed by atoms with E-state index in [-0.39, 0.29) is 24.9 Å². The second-order valence-corrected chi connectivity index (χ2v) is 16.8. The Bertz CT molecular complexity index is 1190. The summed E-state index contributed by atoms with van der Waals surface area (Å²) in [5, 5.41) is 2.70. The molecular formula is C30H40N2O7Si. The summed E-state index contributed by atoms with van der Waals surface area (Å²) in [5.74, 6) is -0.553. The minimum absolute atomic E-state index is 0.000312. The normalized spacial score (nSPS) is 21.9. The molecule has 216 valence electrons. The van der Waals surface area contributed by atoms with Crippen LogP contribution in [0.1, 0.15) is 49.5 Å². The number of carbonyl (C=O) groups excluding carboxylic acids is 3. The predicted molar refractivity (Wildman–Crippen MR) is 152 cm³/mol. The number of amides is 2. The highest BCUT2D eigenvalue weighted by atomic mass is 28.4. The summed E-state index contributed by atoms with van der Waals surface area (Å²) in [6.45, 7) is 11.3. The lowest BCUT2D eigenvalue weighted by Gasteiger charge is -2.47. The van der Waals surface area contributed by atoms with E-state index in [1.54, 1.807) is 29.2 Å². The maximum absolute atomic E-state index is 13.7. The predicted octanol–water partition coefficient (Wildman–Crippen LogP) is 5.51. The maximum Gasteiger partial charge on any atom is 0.410 e. The number of hydrogen-bond donors (Lipinski definition) is 1. The Morgan fingerprint density at radius 1 is 1.10 bits per heavy atom. The summed E-state index contributed by atoms with van der Waals surface area (Å²) in [6, 6.07) is 17.4. The summed E-state index contributed by atoms with van der Waals surface area (Å²) in [5.41, 5.74) is 0.149. The van der Waals surface area contributed by atoms with Gasteiger partial charge in [-0.3, -0.25) is 4.90 Å². The monoisotopic (exact) mass is 568 g/mol. The number of esters is 1. The maximum atomic E-state index is 13.7. The Balaban J connectivity index is 1.70. The van der Waals surface area contributed by atoms with Crippen molar-refractivity contribution >= 4 is 26.5 Å². The van der Waals surface area contributed by atoms with E-state index in [9.17, 15) is 14.4 Å². The molecule has 2 aromatic rings. The Kier molecular flexibility index (Phi) is 8.89. The van der Waals surface area contributed by atoms with E-state index in [2.05, 4.69) is 39.2 Å². The highest BCUT2D eigenvalue weighted by molar-refractivity contribution is 6.74. The second-order valence-electron chi connectivity index (χ2n) is 12.0. The summed E-state index contributed by atoms with van der Waals surface area (Å²) in [4.78, 5) is 40.9. The fraction of sp³-hybridized carbons (Fsp3) is 0.500. The average Bonchev–Trinajstić information content (AvgIpc) is 3.56. The summed E-state index contributed by atoms with van der Waals surface area (Å²) < 4.78 is 23.9. The van der Waals surface area contributed by atoms with Crippen LogP contribution >= 0.6 is 0 Å². The van der Waals surface area contributed by atoms with Crippen molar-refractivity contribution in [1.29, 1.82) is 0 Å². The molecule has 10 heteroatoms. The van der Waals surface area contributed by atoms with Crippen LogP contribution in [0.3, 0.4) is 0 Å². The molecule has 0 aromatic heterocycles. The number of hydrogen-bond acceptors (Lipinski definition) is 7. The molecule has 2 aliphatic rings. The molecule has 0 radical (unpaired) electrons. The quantitative estimate of drug-likeness (QED) is 0.242. The SMILES string of the molecule is CC(C)(C)[Si](C)(C)OC[C@]1([C@@H](OC(=O)c2ccccc2)[C@@H]2COC(=O)N2)CCCN1C(=O)OCc1ccccc1. The molecule has 2 aliphatic heterocycles. The average molecular weight is 569 g/mol. The Morgan fingerprint density at radius 3 is 2.35 bits per heavy atom. The molecule has 0 bridgehead atoms. The first-order valence-corrected chi connectivity index (χ1v) is 16.7. The number of rotatable bonds is 9. The van der Waals surface area contributed by atoms with Crippen LogP contribution < -0.4 is 5.32 Å². The lowest BCUT2D eigenvalue weighted by molar-refractivity contribution is -0.0653. The van der Waals surface area contributed by atoms with E-state index < -0.39 is 44.2 Å². The van der Waals surface area contributed by atoms with Crippen LogP contribution in [0.2, 0.25) is 18.1 Å². The largest absolute Gasteiger partial charge is 0.454 e. The molecule has 4 rings (SSSR count). The highest BCUT2D eigenvalue weighted by Gasteiger charge is 2.57. The first kappa shape index (κ1) is 29.6. The van der Waals surface area contributed by atoms with E-state index in [0.29, 0.717) is 24.9 Å². The van der Waals surface area contributed by atoms with Crippen LogP contribution in [-0.4, -0.2) is 68.8 Å². The molecule has 2 saturated heterocycles.